The molecule has 8 heteroatoms. The highest BCUT2D eigenvalue weighted by atomic mass is 32.2. The Kier molecular flexibility index (Phi) is 6.79. The average Bonchev–Trinajstić information content (AvgIpc) is 2.84. The van der Waals surface area contributed by atoms with Crippen molar-refractivity contribution in [2.24, 2.45) is 0 Å². The number of rotatable bonds is 6. The Morgan fingerprint density at radius 3 is 2.52 bits per heavy atom. The van der Waals surface area contributed by atoms with E-state index >= 15 is 0 Å². The molecule has 1 fully saturated rings. The van der Waals surface area contributed by atoms with Crippen LogP contribution in [0, 0.1) is 6.92 Å². The molecule has 1 saturated heterocycles. The summed E-state index contributed by atoms with van der Waals surface area (Å²) in [5.41, 5.74) is 1.69. The molecule has 0 aliphatic carbocycles. The molecule has 7 nitrogen and oxygen atoms in total. The lowest BCUT2D eigenvalue weighted by molar-refractivity contribution is 0.0227. The summed E-state index contributed by atoms with van der Waals surface area (Å²) >= 11 is 0. The van der Waals surface area contributed by atoms with Crippen LogP contribution in [0.2, 0.25) is 0 Å². The van der Waals surface area contributed by atoms with Crippen LogP contribution in [0.1, 0.15) is 60.6 Å². The number of fused-ring (bicyclic) bond motifs is 1. The molecule has 33 heavy (non-hydrogen) atoms. The van der Waals surface area contributed by atoms with Crippen molar-refractivity contribution in [2.45, 2.75) is 56.6 Å². The lowest BCUT2D eigenvalue weighted by Crippen LogP contribution is -2.44. The van der Waals surface area contributed by atoms with Crippen LogP contribution in [0.4, 0.5) is 0 Å². The second-order valence-corrected chi connectivity index (χ2v) is 10.7. The first kappa shape index (κ1) is 23.7. The molecule has 0 aromatic heterocycles. The van der Waals surface area contributed by atoms with Crippen molar-refractivity contribution in [2.75, 3.05) is 26.3 Å². The molecule has 0 spiro atoms. The van der Waals surface area contributed by atoms with E-state index in [0.29, 0.717) is 38.3 Å². The number of hydrogen-bond acceptors (Lipinski definition) is 5. The van der Waals surface area contributed by atoms with E-state index in [0.717, 1.165) is 29.7 Å². The molecule has 0 unspecified atom stereocenters. The Labute approximate surface area is 196 Å². The maximum Gasteiger partial charge on any atom is 0.252 e. The largest absolute Gasteiger partial charge is 0.487 e. The van der Waals surface area contributed by atoms with Gasteiger partial charge in [-0.15, -0.1) is 0 Å². The van der Waals surface area contributed by atoms with Gasteiger partial charge in [0, 0.05) is 30.6 Å². The van der Waals surface area contributed by atoms with E-state index in [2.05, 4.69) is 19.2 Å². The molecule has 2 heterocycles. The molecule has 1 N–H and O–H groups in total. The average molecular weight is 473 g/mol. The summed E-state index contributed by atoms with van der Waals surface area (Å²) in [6, 6.07) is 12.3. The summed E-state index contributed by atoms with van der Waals surface area (Å²) in [6.07, 6.45) is 2.32. The summed E-state index contributed by atoms with van der Waals surface area (Å²) in [6.45, 7) is 7.39. The Morgan fingerprint density at radius 2 is 1.82 bits per heavy atom. The summed E-state index contributed by atoms with van der Waals surface area (Å²) in [5, 5.41) is 3.17. The SMILES string of the molecule is CCC1(CC)C[C@H](NC(=O)c2cc(S(=O)(=O)N3CCOCC3)ccc2C)c2ccccc2O1. The van der Waals surface area contributed by atoms with Gasteiger partial charge in [0.25, 0.3) is 5.91 Å². The fraction of sp³-hybridized carbons (Fsp3) is 0.480. The van der Waals surface area contributed by atoms with Crippen LogP contribution >= 0.6 is 0 Å². The number of ether oxygens (including phenoxy) is 2. The first-order valence-electron chi connectivity index (χ1n) is 11.6. The maximum atomic E-state index is 13.4. The molecule has 0 radical (unpaired) electrons. The van der Waals surface area contributed by atoms with Crippen LogP contribution in [0.15, 0.2) is 47.4 Å². The lowest BCUT2D eigenvalue weighted by atomic mass is 9.83. The van der Waals surface area contributed by atoms with E-state index < -0.39 is 10.0 Å². The lowest BCUT2D eigenvalue weighted by Gasteiger charge is -2.41. The molecule has 2 aromatic carbocycles. The molecule has 178 valence electrons. The molecule has 2 aliphatic heterocycles. The van der Waals surface area contributed by atoms with Gasteiger partial charge >= 0.3 is 0 Å². The monoisotopic (exact) mass is 472 g/mol. The van der Waals surface area contributed by atoms with E-state index in [9.17, 15) is 13.2 Å². The Balaban J connectivity index is 1.63. The predicted octanol–water partition coefficient (Wildman–Crippen LogP) is 3.83. The molecule has 2 aromatic rings. The van der Waals surface area contributed by atoms with Gasteiger partial charge < -0.3 is 14.8 Å². The normalized spacial score (nSPS) is 20.5. The number of carbonyl (C=O) groups excluding carboxylic acids is 1. The van der Waals surface area contributed by atoms with Crippen LogP contribution in [0.5, 0.6) is 5.75 Å². The zero-order valence-electron chi connectivity index (χ0n) is 19.5. The van der Waals surface area contributed by atoms with Gasteiger partial charge in [0.2, 0.25) is 10.0 Å². The van der Waals surface area contributed by atoms with Crippen LogP contribution in [-0.4, -0.2) is 50.5 Å². The second kappa shape index (κ2) is 9.44. The summed E-state index contributed by atoms with van der Waals surface area (Å²) < 4.78 is 39.3. The van der Waals surface area contributed by atoms with E-state index in [-0.39, 0.29) is 22.4 Å². The number of amides is 1. The predicted molar refractivity (Wildman–Crippen MR) is 126 cm³/mol. The number of hydrogen-bond donors (Lipinski definition) is 1. The van der Waals surface area contributed by atoms with Crippen LogP contribution in [0.25, 0.3) is 0 Å². The van der Waals surface area contributed by atoms with Crippen molar-refractivity contribution in [1.29, 1.82) is 0 Å². The van der Waals surface area contributed by atoms with Gasteiger partial charge in [-0.1, -0.05) is 38.1 Å². The number of morpholine rings is 1. The number of nitrogens with one attached hydrogen (secondary N) is 1. The standard InChI is InChI=1S/C25H32N2O5S/c1-4-25(5-2)17-22(20-8-6-7-9-23(20)32-25)26-24(28)21-16-19(11-10-18(21)3)33(29,30)27-12-14-31-15-13-27/h6-11,16,22H,4-5,12-15,17H2,1-3H3,(H,26,28)/t22-/m0/s1. The highest BCUT2D eigenvalue weighted by Crippen LogP contribution is 2.42. The van der Waals surface area contributed by atoms with Gasteiger partial charge in [-0.25, -0.2) is 8.42 Å². The topological polar surface area (TPSA) is 84.9 Å². The number of carbonyl (C=O) groups is 1. The van der Waals surface area contributed by atoms with Gasteiger partial charge in [-0.2, -0.15) is 4.31 Å². The first-order valence-corrected chi connectivity index (χ1v) is 13.0. The zero-order chi connectivity index (χ0) is 23.6. The highest BCUT2D eigenvalue weighted by molar-refractivity contribution is 7.89. The number of nitrogens with zero attached hydrogens (tertiary/aromatic N) is 1. The number of sulfonamides is 1. The number of aryl methyl sites for hydroxylation is 1. The third-order valence-electron chi connectivity index (χ3n) is 6.85. The van der Waals surface area contributed by atoms with E-state index in [4.69, 9.17) is 9.47 Å². The van der Waals surface area contributed by atoms with Crippen molar-refractivity contribution in [1.82, 2.24) is 9.62 Å². The fourth-order valence-corrected chi connectivity index (χ4v) is 6.04. The molecule has 4 rings (SSSR count). The summed E-state index contributed by atoms with van der Waals surface area (Å²) in [7, 11) is -3.69. The van der Waals surface area contributed by atoms with Gasteiger partial charge in [0.05, 0.1) is 24.2 Å². The van der Waals surface area contributed by atoms with Crippen molar-refractivity contribution in [3.05, 3.63) is 59.2 Å². The number of benzene rings is 2. The smallest absolute Gasteiger partial charge is 0.252 e. The Morgan fingerprint density at radius 1 is 1.12 bits per heavy atom. The van der Waals surface area contributed by atoms with Crippen LogP contribution in [0.3, 0.4) is 0 Å². The molecular formula is C25H32N2O5S. The van der Waals surface area contributed by atoms with Crippen molar-refractivity contribution in [3.63, 3.8) is 0 Å². The maximum absolute atomic E-state index is 13.4. The van der Waals surface area contributed by atoms with Gasteiger partial charge in [0.1, 0.15) is 11.4 Å². The molecule has 1 amide bonds. The Bertz CT molecular complexity index is 1120. The fourth-order valence-electron chi connectivity index (χ4n) is 4.61. The first-order chi connectivity index (χ1) is 15.8. The number of para-hydroxylation sites is 1. The third kappa shape index (κ3) is 4.65. The van der Waals surface area contributed by atoms with Crippen molar-refractivity contribution >= 4 is 15.9 Å². The van der Waals surface area contributed by atoms with Crippen molar-refractivity contribution in [3.8, 4) is 5.75 Å². The molecular weight excluding hydrogens is 440 g/mol. The summed E-state index contributed by atoms with van der Waals surface area (Å²) in [5.74, 6) is 0.507. The Hall–Kier alpha value is -2.42. The zero-order valence-corrected chi connectivity index (χ0v) is 20.3. The van der Waals surface area contributed by atoms with Crippen molar-refractivity contribution < 1.29 is 22.7 Å². The minimum Gasteiger partial charge on any atom is -0.487 e. The van der Waals surface area contributed by atoms with E-state index in [1.165, 1.54) is 10.4 Å². The quantitative estimate of drug-likeness (QED) is 0.691. The highest BCUT2D eigenvalue weighted by Gasteiger charge is 2.39. The van der Waals surface area contributed by atoms with Gasteiger partial charge in [-0.3, -0.25) is 4.79 Å². The minimum absolute atomic E-state index is 0.129. The third-order valence-corrected chi connectivity index (χ3v) is 8.75. The molecule has 2 aliphatic rings. The van der Waals surface area contributed by atoms with Gasteiger partial charge in [-0.05, 0) is 43.5 Å². The van der Waals surface area contributed by atoms with E-state index in [1.54, 1.807) is 12.1 Å². The second-order valence-electron chi connectivity index (χ2n) is 8.75. The minimum atomic E-state index is -3.69. The van der Waals surface area contributed by atoms with Crippen LogP contribution < -0.4 is 10.1 Å². The molecule has 0 saturated carbocycles. The van der Waals surface area contributed by atoms with Crippen LogP contribution in [-0.2, 0) is 14.8 Å². The van der Waals surface area contributed by atoms with E-state index in [1.807, 2.05) is 31.2 Å². The molecule has 0 bridgehead atoms. The summed E-state index contributed by atoms with van der Waals surface area (Å²) in [4.78, 5) is 13.5. The molecule has 1 atom stereocenters. The van der Waals surface area contributed by atoms with Gasteiger partial charge in [0.15, 0.2) is 0 Å².